The summed E-state index contributed by atoms with van der Waals surface area (Å²) in [7, 11) is 0. The molecule has 1 atom stereocenters. The standard InChI is InChI=1S/C6H6ClN5/c1-4(11-12-8)5-2-10-6(7)3-9-5/h2-4H,1H3. The van der Waals surface area contributed by atoms with Gasteiger partial charge in [-0.15, -0.1) is 0 Å². The molecular weight excluding hydrogens is 178 g/mol. The lowest BCUT2D eigenvalue weighted by Crippen LogP contribution is -1.93. The first-order chi connectivity index (χ1) is 5.74. The van der Waals surface area contributed by atoms with Crippen molar-refractivity contribution in [2.24, 2.45) is 5.11 Å². The van der Waals surface area contributed by atoms with Gasteiger partial charge in [-0.25, -0.2) is 4.98 Å². The van der Waals surface area contributed by atoms with Crippen LogP contribution in [0.1, 0.15) is 18.7 Å². The highest BCUT2D eigenvalue weighted by atomic mass is 35.5. The molecule has 12 heavy (non-hydrogen) atoms. The monoisotopic (exact) mass is 183 g/mol. The van der Waals surface area contributed by atoms with Crippen molar-refractivity contribution in [2.75, 3.05) is 0 Å². The van der Waals surface area contributed by atoms with E-state index in [-0.39, 0.29) is 6.04 Å². The van der Waals surface area contributed by atoms with Crippen molar-refractivity contribution in [1.29, 1.82) is 0 Å². The average molecular weight is 184 g/mol. The highest BCUT2D eigenvalue weighted by molar-refractivity contribution is 6.29. The zero-order valence-corrected chi connectivity index (χ0v) is 7.10. The van der Waals surface area contributed by atoms with Crippen LogP contribution in [0.25, 0.3) is 10.4 Å². The molecule has 0 saturated carbocycles. The maximum atomic E-state index is 8.14. The third-order valence-corrected chi connectivity index (χ3v) is 1.49. The van der Waals surface area contributed by atoms with Crippen LogP contribution in [0.3, 0.4) is 0 Å². The van der Waals surface area contributed by atoms with Gasteiger partial charge in [-0.05, 0) is 5.53 Å². The summed E-state index contributed by atoms with van der Waals surface area (Å²) in [5, 5.41) is 3.79. The van der Waals surface area contributed by atoms with Gasteiger partial charge in [0.1, 0.15) is 5.15 Å². The largest absolute Gasteiger partial charge is 0.256 e. The van der Waals surface area contributed by atoms with Crippen molar-refractivity contribution >= 4 is 11.6 Å². The van der Waals surface area contributed by atoms with Crippen LogP contribution < -0.4 is 0 Å². The summed E-state index contributed by atoms with van der Waals surface area (Å²) in [6.07, 6.45) is 2.90. The molecule has 0 aliphatic carbocycles. The van der Waals surface area contributed by atoms with E-state index in [1.54, 1.807) is 6.92 Å². The number of halogens is 1. The molecule has 0 aliphatic rings. The second kappa shape index (κ2) is 3.90. The smallest absolute Gasteiger partial charge is 0.147 e. The van der Waals surface area contributed by atoms with E-state index in [2.05, 4.69) is 20.0 Å². The summed E-state index contributed by atoms with van der Waals surface area (Å²) in [6.45, 7) is 1.73. The zero-order valence-electron chi connectivity index (χ0n) is 6.35. The van der Waals surface area contributed by atoms with Crippen molar-refractivity contribution in [3.05, 3.63) is 33.7 Å². The maximum absolute atomic E-state index is 8.14. The molecule has 0 saturated heterocycles. The molecule has 0 amide bonds. The van der Waals surface area contributed by atoms with Gasteiger partial charge in [-0.1, -0.05) is 23.6 Å². The SMILES string of the molecule is CC(N=[N+]=[N-])c1cnc(Cl)cn1. The minimum atomic E-state index is -0.306. The summed E-state index contributed by atoms with van der Waals surface area (Å²) >= 11 is 5.52. The molecule has 0 radical (unpaired) electrons. The van der Waals surface area contributed by atoms with Crippen LogP contribution in [-0.4, -0.2) is 9.97 Å². The first-order valence-electron chi connectivity index (χ1n) is 3.25. The minimum Gasteiger partial charge on any atom is -0.256 e. The molecule has 0 spiro atoms. The van der Waals surface area contributed by atoms with E-state index in [9.17, 15) is 0 Å². The summed E-state index contributed by atoms with van der Waals surface area (Å²) in [4.78, 5) is 10.4. The van der Waals surface area contributed by atoms with Crippen LogP contribution in [0.15, 0.2) is 17.5 Å². The third-order valence-electron chi connectivity index (χ3n) is 1.29. The van der Waals surface area contributed by atoms with E-state index >= 15 is 0 Å². The third kappa shape index (κ3) is 2.08. The lowest BCUT2D eigenvalue weighted by Gasteiger charge is -2.01. The van der Waals surface area contributed by atoms with Gasteiger partial charge in [0, 0.05) is 4.91 Å². The molecule has 6 heteroatoms. The Bertz CT molecular complexity index is 302. The number of hydrogen-bond acceptors (Lipinski definition) is 3. The summed E-state index contributed by atoms with van der Waals surface area (Å²) in [5.41, 5.74) is 8.75. The number of hydrogen-bond donors (Lipinski definition) is 0. The van der Waals surface area contributed by atoms with Crippen LogP contribution in [0.5, 0.6) is 0 Å². The predicted octanol–water partition coefficient (Wildman–Crippen LogP) is 2.50. The summed E-state index contributed by atoms with van der Waals surface area (Å²) in [5.74, 6) is 0. The Hall–Kier alpha value is -1.32. The molecule has 1 heterocycles. The van der Waals surface area contributed by atoms with Gasteiger partial charge in [0.15, 0.2) is 0 Å². The Labute approximate surface area is 74.0 Å². The minimum absolute atomic E-state index is 0.306. The van der Waals surface area contributed by atoms with Crippen molar-refractivity contribution in [1.82, 2.24) is 9.97 Å². The van der Waals surface area contributed by atoms with Crippen LogP contribution in [0, 0.1) is 0 Å². The topological polar surface area (TPSA) is 74.5 Å². The molecular formula is C6H6ClN5. The lowest BCUT2D eigenvalue weighted by atomic mass is 10.3. The molecule has 62 valence electrons. The molecule has 0 aliphatic heterocycles. The Balaban J connectivity index is 2.89. The van der Waals surface area contributed by atoms with Gasteiger partial charge in [-0.2, -0.15) is 0 Å². The predicted molar refractivity (Wildman–Crippen MR) is 44.6 cm³/mol. The van der Waals surface area contributed by atoms with E-state index in [4.69, 9.17) is 17.1 Å². The molecule has 5 nitrogen and oxygen atoms in total. The van der Waals surface area contributed by atoms with E-state index in [0.717, 1.165) is 0 Å². The molecule has 0 fully saturated rings. The number of rotatable bonds is 2. The van der Waals surface area contributed by atoms with Gasteiger partial charge in [-0.3, -0.25) is 4.98 Å². The molecule has 0 N–H and O–H groups in total. The fraction of sp³-hybridized carbons (Fsp3) is 0.333. The van der Waals surface area contributed by atoms with Crippen molar-refractivity contribution < 1.29 is 0 Å². The second-order valence-electron chi connectivity index (χ2n) is 2.14. The Morgan fingerprint density at radius 1 is 1.58 bits per heavy atom. The lowest BCUT2D eigenvalue weighted by molar-refractivity contribution is 0.764. The second-order valence-corrected chi connectivity index (χ2v) is 2.53. The Morgan fingerprint density at radius 2 is 2.33 bits per heavy atom. The summed E-state index contributed by atoms with van der Waals surface area (Å²) < 4.78 is 0. The average Bonchev–Trinajstić information content (AvgIpc) is 2.06. The summed E-state index contributed by atoms with van der Waals surface area (Å²) in [6, 6.07) is -0.306. The first-order valence-corrected chi connectivity index (χ1v) is 3.63. The van der Waals surface area contributed by atoms with Gasteiger partial charge in [0.2, 0.25) is 0 Å². The molecule has 0 aromatic carbocycles. The van der Waals surface area contributed by atoms with Crippen LogP contribution in [0.4, 0.5) is 0 Å². The van der Waals surface area contributed by atoms with E-state index in [0.29, 0.717) is 10.8 Å². The van der Waals surface area contributed by atoms with Crippen molar-refractivity contribution in [3.8, 4) is 0 Å². The Morgan fingerprint density at radius 3 is 2.83 bits per heavy atom. The number of aromatic nitrogens is 2. The van der Waals surface area contributed by atoms with Gasteiger partial charge >= 0.3 is 0 Å². The van der Waals surface area contributed by atoms with Crippen molar-refractivity contribution in [3.63, 3.8) is 0 Å². The quantitative estimate of drug-likeness (QED) is 0.401. The molecule has 0 bridgehead atoms. The van der Waals surface area contributed by atoms with Crippen LogP contribution >= 0.6 is 11.6 Å². The van der Waals surface area contributed by atoms with E-state index < -0.39 is 0 Å². The zero-order chi connectivity index (χ0) is 8.97. The molecule has 1 rings (SSSR count). The van der Waals surface area contributed by atoms with E-state index in [1.165, 1.54) is 12.4 Å². The van der Waals surface area contributed by atoms with Crippen LogP contribution in [-0.2, 0) is 0 Å². The number of azide groups is 1. The molecule has 1 aromatic rings. The highest BCUT2D eigenvalue weighted by Gasteiger charge is 2.03. The molecule has 1 aromatic heterocycles. The normalized spacial score (nSPS) is 11.8. The van der Waals surface area contributed by atoms with Gasteiger partial charge < -0.3 is 0 Å². The Kier molecular flexibility index (Phi) is 2.85. The fourth-order valence-corrected chi connectivity index (χ4v) is 0.772. The van der Waals surface area contributed by atoms with Crippen molar-refractivity contribution in [2.45, 2.75) is 13.0 Å². The first kappa shape index (κ1) is 8.77. The highest BCUT2D eigenvalue weighted by Crippen LogP contribution is 2.13. The number of nitrogens with zero attached hydrogens (tertiary/aromatic N) is 5. The molecule has 1 unspecified atom stereocenters. The maximum Gasteiger partial charge on any atom is 0.147 e. The van der Waals surface area contributed by atoms with Crippen LogP contribution in [0.2, 0.25) is 5.15 Å². The van der Waals surface area contributed by atoms with E-state index in [1.807, 2.05) is 0 Å². The fourth-order valence-electron chi connectivity index (χ4n) is 0.675. The van der Waals surface area contributed by atoms with Gasteiger partial charge in [0.05, 0.1) is 24.1 Å². The van der Waals surface area contributed by atoms with Gasteiger partial charge in [0.25, 0.3) is 0 Å².